The molecule has 0 aliphatic rings. The molecule has 6 nitrogen and oxygen atoms in total. The number of thiophene rings is 1. The van der Waals surface area contributed by atoms with Gasteiger partial charge in [0.25, 0.3) is 5.91 Å². The van der Waals surface area contributed by atoms with E-state index in [0.717, 1.165) is 10.4 Å². The van der Waals surface area contributed by atoms with Crippen LogP contribution < -0.4 is 5.32 Å². The van der Waals surface area contributed by atoms with Gasteiger partial charge in [0.2, 0.25) is 11.8 Å². The molecule has 4 rings (SSSR count). The fraction of sp³-hybridized carbons (Fsp3) is 0.0500. The summed E-state index contributed by atoms with van der Waals surface area (Å²) in [4.78, 5) is 18.2. The molecule has 0 aliphatic heterocycles. The average Bonchev–Trinajstić information content (AvgIpc) is 3.46. The van der Waals surface area contributed by atoms with E-state index < -0.39 is 0 Å². The molecular formula is C20H16N4O2S. The number of aromatic nitrogens is 3. The summed E-state index contributed by atoms with van der Waals surface area (Å²) in [5, 5.41) is 9.50. The normalized spacial score (nSPS) is 11.1. The Hall–Kier alpha value is -3.45. The van der Waals surface area contributed by atoms with Crippen LogP contribution >= 0.6 is 11.3 Å². The lowest BCUT2D eigenvalue weighted by Crippen LogP contribution is -2.14. The number of furan rings is 1. The molecule has 0 aliphatic carbocycles. The maximum Gasteiger partial charge on any atom is 0.274 e. The highest BCUT2D eigenvalue weighted by Gasteiger charge is 2.17. The van der Waals surface area contributed by atoms with Gasteiger partial charge in [-0.2, -0.15) is 9.67 Å². The van der Waals surface area contributed by atoms with E-state index in [0.29, 0.717) is 24.1 Å². The number of carbonyl (C=O) groups excluding carboxylic acids is 1. The summed E-state index contributed by atoms with van der Waals surface area (Å²) in [6.07, 6.45) is 4.78. The van der Waals surface area contributed by atoms with Crippen molar-refractivity contribution in [3.63, 3.8) is 0 Å². The van der Waals surface area contributed by atoms with E-state index in [2.05, 4.69) is 15.4 Å². The minimum atomic E-state index is -0.294. The Bertz CT molecular complexity index is 1040. The quantitative estimate of drug-likeness (QED) is 0.499. The molecule has 3 aromatic heterocycles. The second-order valence-corrected chi connectivity index (χ2v) is 6.70. The van der Waals surface area contributed by atoms with Crippen LogP contribution in [0.1, 0.15) is 15.2 Å². The van der Waals surface area contributed by atoms with E-state index in [4.69, 9.17) is 4.42 Å². The predicted molar refractivity (Wildman–Crippen MR) is 105 cm³/mol. The SMILES string of the molecule is O=C(C=Cc1ccccc1)n1nc(-c2ccco2)nc1NCc1cccs1. The maximum atomic E-state index is 12.7. The first kappa shape index (κ1) is 17.0. The standard InChI is InChI=1S/C20H16N4O2S/c25-18(11-10-15-6-2-1-3-7-15)24-20(21-14-16-8-5-13-27-16)22-19(23-24)17-9-4-12-26-17/h1-13H,14H2,(H,21,22,23). The number of hydrogen-bond donors (Lipinski definition) is 1. The Morgan fingerprint density at radius 2 is 2.04 bits per heavy atom. The van der Waals surface area contributed by atoms with Gasteiger partial charge in [-0.1, -0.05) is 36.4 Å². The van der Waals surface area contributed by atoms with Crippen LogP contribution in [0.5, 0.6) is 0 Å². The third-order valence-corrected chi connectivity index (χ3v) is 4.65. The molecule has 0 fully saturated rings. The largest absolute Gasteiger partial charge is 0.461 e. The molecule has 0 radical (unpaired) electrons. The van der Waals surface area contributed by atoms with Gasteiger partial charge in [-0.05, 0) is 35.2 Å². The Morgan fingerprint density at radius 1 is 1.15 bits per heavy atom. The molecule has 7 heteroatoms. The first-order valence-electron chi connectivity index (χ1n) is 8.34. The zero-order valence-electron chi connectivity index (χ0n) is 14.3. The number of hydrogen-bond acceptors (Lipinski definition) is 6. The predicted octanol–water partition coefficient (Wildman–Crippen LogP) is 4.57. The average molecular weight is 376 g/mol. The fourth-order valence-electron chi connectivity index (χ4n) is 2.47. The van der Waals surface area contributed by atoms with Gasteiger partial charge in [0.1, 0.15) is 0 Å². The van der Waals surface area contributed by atoms with E-state index in [-0.39, 0.29) is 5.91 Å². The molecule has 134 valence electrons. The summed E-state index contributed by atoms with van der Waals surface area (Å²) < 4.78 is 6.61. The van der Waals surface area contributed by atoms with Crippen molar-refractivity contribution >= 4 is 29.3 Å². The highest BCUT2D eigenvalue weighted by molar-refractivity contribution is 7.09. The maximum absolute atomic E-state index is 12.7. The number of nitrogens with zero attached hydrogens (tertiary/aromatic N) is 3. The number of rotatable bonds is 6. The summed E-state index contributed by atoms with van der Waals surface area (Å²) >= 11 is 1.63. The van der Waals surface area contributed by atoms with Crippen LogP contribution in [-0.4, -0.2) is 20.7 Å². The van der Waals surface area contributed by atoms with Gasteiger partial charge in [-0.3, -0.25) is 4.79 Å². The summed E-state index contributed by atoms with van der Waals surface area (Å²) in [5.41, 5.74) is 0.935. The Morgan fingerprint density at radius 3 is 2.78 bits per heavy atom. The molecule has 1 aromatic carbocycles. The lowest BCUT2D eigenvalue weighted by Gasteiger charge is -2.04. The van der Waals surface area contributed by atoms with Crippen molar-refractivity contribution in [2.24, 2.45) is 0 Å². The molecule has 0 atom stereocenters. The molecule has 1 N–H and O–H groups in total. The van der Waals surface area contributed by atoms with Crippen LogP contribution in [0.4, 0.5) is 5.95 Å². The number of allylic oxidation sites excluding steroid dienone is 1. The smallest absolute Gasteiger partial charge is 0.274 e. The van der Waals surface area contributed by atoms with E-state index in [9.17, 15) is 4.79 Å². The van der Waals surface area contributed by atoms with Gasteiger partial charge < -0.3 is 9.73 Å². The van der Waals surface area contributed by atoms with E-state index in [1.165, 1.54) is 10.8 Å². The lowest BCUT2D eigenvalue weighted by atomic mass is 10.2. The number of nitrogens with one attached hydrogen (secondary N) is 1. The van der Waals surface area contributed by atoms with Crippen LogP contribution in [-0.2, 0) is 6.54 Å². The number of anilines is 1. The van der Waals surface area contributed by atoms with Gasteiger partial charge >= 0.3 is 0 Å². The highest BCUT2D eigenvalue weighted by Crippen LogP contribution is 2.19. The monoisotopic (exact) mass is 376 g/mol. The Labute approximate surface area is 159 Å². The van der Waals surface area contributed by atoms with E-state index >= 15 is 0 Å². The molecule has 0 bridgehead atoms. The number of benzene rings is 1. The minimum Gasteiger partial charge on any atom is -0.461 e. The molecule has 3 heterocycles. The third-order valence-electron chi connectivity index (χ3n) is 3.78. The fourth-order valence-corrected chi connectivity index (χ4v) is 3.12. The van der Waals surface area contributed by atoms with Gasteiger partial charge in [-0.15, -0.1) is 16.4 Å². The first-order valence-corrected chi connectivity index (χ1v) is 9.22. The Balaban J connectivity index is 1.60. The topological polar surface area (TPSA) is 73.0 Å². The van der Waals surface area contributed by atoms with Gasteiger partial charge in [-0.25, -0.2) is 0 Å². The third kappa shape index (κ3) is 4.04. The van der Waals surface area contributed by atoms with Crippen LogP contribution in [0, 0.1) is 0 Å². The summed E-state index contributed by atoms with van der Waals surface area (Å²) in [6, 6.07) is 17.1. The van der Waals surface area contributed by atoms with Crippen molar-refractivity contribution in [1.29, 1.82) is 0 Å². The summed E-state index contributed by atoms with van der Waals surface area (Å²) in [6.45, 7) is 0.559. The zero-order chi connectivity index (χ0) is 18.5. The first-order chi connectivity index (χ1) is 13.3. The Kier molecular flexibility index (Phi) is 4.93. The van der Waals surface area contributed by atoms with Gasteiger partial charge in [0, 0.05) is 11.0 Å². The molecule has 27 heavy (non-hydrogen) atoms. The van der Waals surface area contributed by atoms with Crippen LogP contribution in [0.15, 0.2) is 76.7 Å². The molecule has 0 unspecified atom stereocenters. The number of carbonyl (C=O) groups is 1. The molecule has 4 aromatic rings. The highest BCUT2D eigenvalue weighted by atomic mass is 32.1. The molecule has 0 saturated heterocycles. The summed E-state index contributed by atoms with van der Waals surface area (Å²) in [7, 11) is 0. The van der Waals surface area contributed by atoms with Crippen molar-refractivity contribution in [2.45, 2.75) is 6.54 Å². The van der Waals surface area contributed by atoms with Crippen LogP contribution in [0.2, 0.25) is 0 Å². The van der Waals surface area contributed by atoms with Crippen molar-refractivity contribution in [3.8, 4) is 11.6 Å². The van der Waals surface area contributed by atoms with Gasteiger partial charge in [0.05, 0.1) is 12.8 Å². The second-order valence-electron chi connectivity index (χ2n) is 5.66. The van der Waals surface area contributed by atoms with Crippen LogP contribution in [0.25, 0.3) is 17.7 Å². The van der Waals surface area contributed by atoms with Crippen molar-refractivity contribution in [3.05, 3.63) is 82.8 Å². The van der Waals surface area contributed by atoms with E-state index in [1.807, 2.05) is 47.8 Å². The van der Waals surface area contributed by atoms with E-state index in [1.54, 1.807) is 35.8 Å². The molecular weight excluding hydrogens is 360 g/mol. The lowest BCUT2D eigenvalue weighted by molar-refractivity contribution is 0.0957. The molecule has 0 amide bonds. The molecule has 0 saturated carbocycles. The zero-order valence-corrected chi connectivity index (χ0v) is 15.1. The van der Waals surface area contributed by atoms with Gasteiger partial charge in [0.15, 0.2) is 5.76 Å². The van der Waals surface area contributed by atoms with Crippen molar-refractivity contribution in [2.75, 3.05) is 5.32 Å². The summed E-state index contributed by atoms with van der Waals surface area (Å²) in [5.74, 6) is 0.943. The van der Waals surface area contributed by atoms with Crippen molar-refractivity contribution < 1.29 is 9.21 Å². The van der Waals surface area contributed by atoms with Crippen LogP contribution in [0.3, 0.4) is 0 Å². The van der Waals surface area contributed by atoms with Crippen molar-refractivity contribution in [1.82, 2.24) is 14.8 Å². The molecule has 0 spiro atoms. The second kappa shape index (κ2) is 7.84. The minimum absolute atomic E-state index is 0.294.